The standard InChI is InChI=1S/C23H27NO4/c1-23(22(25)26-2)27-15-17(16-28-23)9-7-8-14-24-20-12-5-3-10-18(20)19-11-4-6-13-21(19)24/h3-6,10-13,17H,7-9,14-16H2,1-2H3. The molecule has 0 spiro atoms. The van der Waals surface area contributed by atoms with Crippen LogP contribution in [-0.2, 0) is 25.5 Å². The van der Waals surface area contributed by atoms with Gasteiger partial charge in [0, 0.05) is 41.2 Å². The van der Waals surface area contributed by atoms with Crippen LogP contribution < -0.4 is 0 Å². The highest BCUT2D eigenvalue weighted by Crippen LogP contribution is 2.30. The number of ether oxygens (including phenoxy) is 3. The van der Waals surface area contributed by atoms with Gasteiger partial charge in [-0.05, 0) is 25.0 Å². The number of carbonyl (C=O) groups excluding carboxylic acids is 1. The first-order chi connectivity index (χ1) is 13.6. The van der Waals surface area contributed by atoms with E-state index in [2.05, 4.69) is 53.1 Å². The summed E-state index contributed by atoms with van der Waals surface area (Å²) in [6, 6.07) is 17.2. The number of para-hydroxylation sites is 2. The van der Waals surface area contributed by atoms with Gasteiger partial charge >= 0.3 is 5.97 Å². The molecule has 0 aliphatic carbocycles. The van der Waals surface area contributed by atoms with Gasteiger partial charge in [-0.15, -0.1) is 0 Å². The van der Waals surface area contributed by atoms with Crippen LogP contribution >= 0.6 is 0 Å². The van der Waals surface area contributed by atoms with Crippen LogP contribution in [0.25, 0.3) is 21.8 Å². The van der Waals surface area contributed by atoms with Crippen molar-refractivity contribution in [3.63, 3.8) is 0 Å². The molecule has 1 fully saturated rings. The highest BCUT2D eigenvalue weighted by atomic mass is 16.7. The maximum absolute atomic E-state index is 11.7. The molecule has 0 N–H and O–H groups in total. The van der Waals surface area contributed by atoms with E-state index in [0.717, 1.165) is 25.8 Å². The molecule has 1 saturated heterocycles. The molecule has 1 aliphatic rings. The summed E-state index contributed by atoms with van der Waals surface area (Å²) < 4.78 is 18.5. The average molecular weight is 381 g/mol. The Morgan fingerprint density at radius 2 is 1.61 bits per heavy atom. The van der Waals surface area contributed by atoms with Crippen molar-refractivity contribution in [2.45, 2.75) is 38.5 Å². The molecule has 2 heterocycles. The maximum Gasteiger partial charge on any atom is 0.366 e. The van der Waals surface area contributed by atoms with Crippen molar-refractivity contribution in [3.05, 3.63) is 48.5 Å². The number of hydrogen-bond donors (Lipinski definition) is 0. The average Bonchev–Trinajstić information content (AvgIpc) is 3.06. The fourth-order valence-corrected chi connectivity index (χ4v) is 4.06. The number of unbranched alkanes of at least 4 members (excludes halogenated alkanes) is 1. The molecule has 0 saturated carbocycles. The summed E-state index contributed by atoms with van der Waals surface area (Å²) in [4.78, 5) is 11.7. The summed E-state index contributed by atoms with van der Waals surface area (Å²) in [7, 11) is 1.35. The lowest BCUT2D eigenvalue weighted by Crippen LogP contribution is -2.48. The summed E-state index contributed by atoms with van der Waals surface area (Å²) in [6.45, 7) is 3.67. The predicted octanol–water partition coefficient (Wildman–Crippen LogP) is 4.52. The summed E-state index contributed by atoms with van der Waals surface area (Å²) in [5, 5.41) is 2.63. The van der Waals surface area contributed by atoms with Crippen LogP contribution in [-0.4, -0.2) is 36.6 Å². The molecule has 0 unspecified atom stereocenters. The van der Waals surface area contributed by atoms with Crippen LogP contribution in [0.15, 0.2) is 48.5 Å². The Morgan fingerprint density at radius 1 is 1.04 bits per heavy atom. The summed E-state index contributed by atoms with van der Waals surface area (Å²) in [6.07, 6.45) is 3.20. The fraction of sp³-hybridized carbons (Fsp3) is 0.435. The fourth-order valence-electron chi connectivity index (χ4n) is 4.06. The normalized spacial score (nSPS) is 22.6. The van der Waals surface area contributed by atoms with Crippen LogP contribution in [0.3, 0.4) is 0 Å². The number of methoxy groups -OCH3 is 1. The minimum atomic E-state index is -1.26. The second kappa shape index (κ2) is 7.94. The zero-order valence-corrected chi connectivity index (χ0v) is 16.5. The molecule has 28 heavy (non-hydrogen) atoms. The van der Waals surface area contributed by atoms with Gasteiger partial charge in [-0.3, -0.25) is 0 Å². The lowest BCUT2D eigenvalue weighted by molar-refractivity contribution is -0.272. The highest BCUT2D eigenvalue weighted by Gasteiger charge is 2.41. The Bertz CT molecular complexity index is 916. The third-order valence-electron chi connectivity index (χ3n) is 5.67. The first-order valence-electron chi connectivity index (χ1n) is 9.94. The van der Waals surface area contributed by atoms with Crippen molar-refractivity contribution in [3.8, 4) is 0 Å². The number of aryl methyl sites for hydroxylation is 1. The van der Waals surface area contributed by atoms with Gasteiger partial charge in [0.1, 0.15) is 0 Å². The molecule has 1 aliphatic heterocycles. The van der Waals surface area contributed by atoms with E-state index in [9.17, 15) is 4.79 Å². The lowest BCUT2D eigenvalue weighted by atomic mass is 10.0. The number of benzene rings is 2. The zero-order valence-electron chi connectivity index (χ0n) is 16.5. The van der Waals surface area contributed by atoms with Gasteiger partial charge in [-0.2, -0.15) is 0 Å². The van der Waals surface area contributed by atoms with Gasteiger partial charge in [0.15, 0.2) is 0 Å². The van der Waals surface area contributed by atoms with E-state index < -0.39 is 11.8 Å². The second-order valence-corrected chi connectivity index (χ2v) is 7.61. The van der Waals surface area contributed by atoms with E-state index in [1.165, 1.54) is 28.9 Å². The van der Waals surface area contributed by atoms with E-state index in [-0.39, 0.29) is 0 Å². The van der Waals surface area contributed by atoms with Gasteiger partial charge in [0.25, 0.3) is 5.79 Å². The molecule has 3 aromatic rings. The number of aromatic nitrogens is 1. The molecule has 5 heteroatoms. The number of carbonyl (C=O) groups is 1. The zero-order chi connectivity index (χ0) is 19.6. The van der Waals surface area contributed by atoms with Crippen molar-refractivity contribution < 1.29 is 19.0 Å². The monoisotopic (exact) mass is 381 g/mol. The van der Waals surface area contributed by atoms with Gasteiger partial charge in [0.2, 0.25) is 0 Å². The molecule has 2 aromatic carbocycles. The van der Waals surface area contributed by atoms with Crippen molar-refractivity contribution in [1.82, 2.24) is 4.57 Å². The minimum Gasteiger partial charge on any atom is -0.465 e. The van der Waals surface area contributed by atoms with Crippen LogP contribution in [0.1, 0.15) is 26.2 Å². The molecule has 0 bridgehead atoms. The van der Waals surface area contributed by atoms with Crippen LogP contribution in [0, 0.1) is 5.92 Å². The van der Waals surface area contributed by atoms with Crippen LogP contribution in [0.5, 0.6) is 0 Å². The summed E-state index contributed by atoms with van der Waals surface area (Å²) >= 11 is 0. The second-order valence-electron chi connectivity index (χ2n) is 7.61. The highest BCUT2D eigenvalue weighted by molar-refractivity contribution is 6.07. The molecule has 0 amide bonds. The van der Waals surface area contributed by atoms with Crippen molar-refractivity contribution in [2.24, 2.45) is 5.92 Å². The minimum absolute atomic E-state index is 0.316. The van der Waals surface area contributed by atoms with E-state index >= 15 is 0 Å². The summed E-state index contributed by atoms with van der Waals surface area (Å²) in [5.74, 6) is -1.41. The maximum atomic E-state index is 11.7. The van der Waals surface area contributed by atoms with Gasteiger partial charge < -0.3 is 18.8 Å². The molecular weight excluding hydrogens is 354 g/mol. The van der Waals surface area contributed by atoms with Crippen LogP contribution in [0.4, 0.5) is 0 Å². The predicted molar refractivity (Wildman–Crippen MR) is 109 cm³/mol. The smallest absolute Gasteiger partial charge is 0.366 e. The van der Waals surface area contributed by atoms with Gasteiger partial charge in [-0.1, -0.05) is 42.8 Å². The van der Waals surface area contributed by atoms with Gasteiger partial charge in [-0.25, -0.2) is 4.79 Å². The van der Waals surface area contributed by atoms with E-state index in [1.54, 1.807) is 6.92 Å². The number of esters is 1. The van der Waals surface area contributed by atoms with Crippen molar-refractivity contribution in [1.29, 1.82) is 0 Å². The van der Waals surface area contributed by atoms with Gasteiger partial charge in [0.05, 0.1) is 20.3 Å². The topological polar surface area (TPSA) is 49.7 Å². The third kappa shape index (κ3) is 3.52. The number of rotatable bonds is 6. The largest absolute Gasteiger partial charge is 0.465 e. The Morgan fingerprint density at radius 3 is 2.18 bits per heavy atom. The van der Waals surface area contributed by atoms with E-state index in [1.807, 2.05) is 0 Å². The van der Waals surface area contributed by atoms with Crippen molar-refractivity contribution in [2.75, 3.05) is 20.3 Å². The number of hydrogen-bond acceptors (Lipinski definition) is 4. The SMILES string of the molecule is COC(=O)C1(C)OCC(CCCCn2c3ccccc3c3ccccc32)CO1. The number of fused-ring (bicyclic) bond motifs is 3. The molecular formula is C23H27NO4. The quantitative estimate of drug-likeness (QED) is 0.465. The van der Waals surface area contributed by atoms with Crippen LogP contribution in [0.2, 0.25) is 0 Å². The molecule has 0 radical (unpaired) electrons. The summed E-state index contributed by atoms with van der Waals surface area (Å²) in [5.41, 5.74) is 2.59. The molecule has 4 rings (SSSR count). The molecule has 0 atom stereocenters. The van der Waals surface area contributed by atoms with E-state index in [0.29, 0.717) is 19.1 Å². The Hall–Kier alpha value is -2.37. The Kier molecular flexibility index (Phi) is 5.38. The molecule has 5 nitrogen and oxygen atoms in total. The molecule has 1 aromatic heterocycles. The van der Waals surface area contributed by atoms with E-state index in [4.69, 9.17) is 14.2 Å². The third-order valence-corrected chi connectivity index (χ3v) is 5.67. The Labute approximate surface area is 165 Å². The lowest BCUT2D eigenvalue weighted by Gasteiger charge is -2.35. The first kappa shape index (κ1) is 19.0. The molecule has 148 valence electrons. The van der Waals surface area contributed by atoms with Crippen molar-refractivity contribution >= 4 is 27.8 Å². The Balaban J connectivity index is 1.35. The number of nitrogens with zero attached hydrogens (tertiary/aromatic N) is 1. The first-order valence-corrected chi connectivity index (χ1v) is 9.94.